The van der Waals surface area contributed by atoms with Crippen LogP contribution in [0.25, 0.3) is 0 Å². The maximum absolute atomic E-state index is 3.65. The highest BCUT2D eigenvalue weighted by molar-refractivity contribution is 8.00. The van der Waals surface area contributed by atoms with Gasteiger partial charge in [-0.25, -0.2) is 0 Å². The van der Waals surface area contributed by atoms with Crippen LogP contribution in [0.15, 0.2) is 29.2 Å². The van der Waals surface area contributed by atoms with Crippen LogP contribution < -0.4 is 5.32 Å². The van der Waals surface area contributed by atoms with E-state index < -0.39 is 0 Å². The van der Waals surface area contributed by atoms with Crippen molar-refractivity contribution in [1.29, 1.82) is 0 Å². The van der Waals surface area contributed by atoms with Crippen molar-refractivity contribution in [2.75, 3.05) is 0 Å². The first-order chi connectivity index (χ1) is 9.31. The van der Waals surface area contributed by atoms with E-state index in [-0.39, 0.29) is 0 Å². The summed E-state index contributed by atoms with van der Waals surface area (Å²) in [4.78, 5) is 1.51. The number of nitrogens with one attached hydrogen (secondary N) is 1. The van der Waals surface area contributed by atoms with Gasteiger partial charge in [-0.15, -0.1) is 11.8 Å². The molecule has 0 spiro atoms. The summed E-state index contributed by atoms with van der Waals surface area (Å²) >= 11 is 2.13. The summed E-state index contributed by atoms with van der Waals surface area (Å²) in [5, 5.41) is 4.48. The summed E-state index contributed by atoms with van der Waals surface area (Å²) < 4.78 is 0. The van der Waals surface area contributed by atoms with Gasteiger partial charge in [0.1, 0.15) is 0 Å². The molecule has 1 nitrogen and oxygen atoms in total. The van der Waals surface area contributed by atoms with Gasteiger partial charge in [-0.3, -0.25) is 0 Å². The SMILES string of the molecule is CC1CCCC(Sc2ccccc2CNC2CC2)C1. The third-order valence-electron chi connectivity index (χ3n) is 4.31. The minimum atomic E-state index is 0.799. The summed E-state index contributed by atoms with van der Waals surface area (Å²) in [5.41, 5.74) is 1.50. The van der Waals surface area contributed by atoms with Crippen molar-refractivity contribution < 1.29 is 0 Å². The molecule has 2 atom stereocenters. The number of hydrogen-bond acceptors (Lipinski definition) is 2. The van der Waals surface area contributed by atoms with Crippen LogP contribution in [0, 0.1) is 5.92 Å². The van der Waals surface area contributed by atoms with E-state index in [9.17, 15) is 0 Å². The highest BCUT2D eigenvalue weighted by Crippen LogP contribution is 2.37. The van der Waals surface area contributed by atoms with Crippen molar-refractivity contribution >= 4 is 11.8 Å². The highest BCUT2D eigenvalue weighted by Gasteiger charge is 2.22. The zero-order chi connectivity index (χ0) is 13.1. The van der Waals surface area contributed by atoms with E-state index in [2.05, 4.69) is 48.3 Å². The normalized spacial score (nSPS) is 27.4. The van der Waals surface area contributed by atoms with Crippen LogP contribution in [0.5, 0.6) is 0 Å². The second-order valence-corrected chi connectivity index (χ2v) is 7.62. The standard InChI is InChI=1S/C17H25NS/c1-13-5-4-7-16(11-13)19-17-8-3-2-6-14(17)12-18-15-9-10-15/h2-3,6,8,13,15-16,18H,4-5,7,9-12H2,1H3. The summed E-state index contributed by atoms with van der Waals surface area (Å²) in [6.45, 7) is 3.46. The molecule has 0 aromatic heterocycles. The number of benzene rings is 1. The van der Waals surface area contributed by atoms with Gasteiger partial charge in [0.05, 0.1) is 0 Å². The Morgan fingerprint density at radius 2 is 2.00 bits per heavy atom. The molecular formula is C17H25NS. The Kier molecular flexibility index (Phi) is 4.49. The third-order valence-corrected chi connectivity index (χ3v) is 5.73. The van der Waals surface area contributed by atoms with Gasteiger partial charge in [-0.05, 0) is 43.2 Å². The van der Waals surface area contributed by atoms with Gasteiger partial charge in [0.25, 0.3) is 0 Å². The quantitative estimate of drug-likeness (QED) is 0.842. The Morgan fingerprint density at radius 3 is 2.79 bits per heavy atom. The largest absolute Gasteiger partial charge is 0.310 e. The fourth-order valence-electron chi connectivity index (χ4n) is 2.97. The Balaban J connectivity index is 1.61. The molecule has 1 N–H and O–H groups in total. The average molecular weight is 275 g/mol. The van der Waals surface area contributed by atoms with Gasteiger partial charge in [0, 0.05) is 22.7 Å². The highest BCUT2D eigenvalue weighted by atomic mass is 32.2. The molecule has 3 rings (SSSR count). The van der Waals surface area contributed by atoms with E-state index in [0.29, 0.717) is 0 Å². The molecular weight excluding hydrogens is 250 g/mol. The van der Waals surface area contributed by atoms with Crippen molar-refractivity contribution in [2.45, 2.75) is 68.2 Å². The van der Waals surface area contributed by atoms with Gasteiger partial charge in [-0.2, -0.15) is 0 Å². The molecule has 2 aliphatic rings. The summed E-state index contributed by atoms with van der Waals surface area (Å²) in [6, 6.07) is 9.78. The Morgan fingerprint density at radius 1 is 1.16 bits per heavy atom. The van der Waals surface area contributed by atoms with Gasteiger partial charge < -0.3 is 5.32 Å². The molecule has 2 fully saturated rings. The average Bonchev–Trinajstić information content (AvgIpc) is 3.22. The van der Waals surface area contributed by atoms with Gasteiger partial charge in [-0.1, -0.05) is 38.0 Å². The molecule has 0 aliphatic heterocycles. The maximum Gasteiger partial charge on any atom is 0.0219 e. The van der Waals surface area contributed by atoms with Crippen LogP contribution in [0.2, 0.25) is 0 Å². The molecule has 19 heavy (non-hydrogen) atoms. The third kappa shape index (κ3) is 4.00. The van der Waals surface area contributed by atoms with Crippen molar-refractivity contribution in [2.24, 2.45) is 5.92 Å². The molecule has 2 saturated carbocycles. The molecule has 0 amide bonds. The molecule has 0 bridgehead atoms. The monoisotopic (exact) mass is 275 g/mol. The number of rotatable bonds is 5. The van der Waals surface area contributed by atoms with Crippen LogP contribution in [0.1, 0.15) is 51.0 Å². The smallest absolute Gasteiger partial charge is 0.0219 e. The second kappa shape index (κ2) is 6.32. The lowest BCUT2D eigenvalue weighted by Gasteiger charge is -2.26. The zero-order valence-corrected chi connectivity index (χ0v) is 12.7. The van der Waals surface area contributed by atoms with Crippen LogP contribution in [-0.2, 0) is 6.54 Å². The molecule has 2 heteroatoms. The topological polar surface area (TPSA) is 12.0 Å². The summed E-state index contributed by atoms with van der Waals surface area (Å²) in [6.07, 6.45) is 8.39. The lowest BCUT2D eigenvalue weighted by atomic mass is 9.91. The van der Waals surface area contributed by atoms with Crippen LogP contribution >= 0.6 is 11.8 Å². The molecule has 0 radical (unpaired) electrons. The Hall–Kier alpha value is -0.470. The van der Waals surface area contributed by atoms with Crippen molar-refractivity contribution in [3.05, 3.63) is 29.8 Å². The summed E-state index contributed by atoms with van der Waals surface area (Å²) in [7, 11) is 0. The summed E-state index contributed by atoms with van der Waals surface area (Å²) in [5.74, 6) is 0.919. The van der Waals surface area contributed by atoms with Crippen LogP contribution in [0.4, 0.5) is 0 Å². The van der Waals surface area contributed by atoms with E-state index in [1.165, 1.54) is 49.0 Å². The van der Waals surface area contributed by atoms with E-state index >= 15 is 0 Å². The maximum atomic E-state index is 3.65. The number of thioether (sulfide) groups is 1. The van der Waals surface area contributed by atoms with Gasteiger partial charge in [0.2, 0.25) is 0 Å². The Labute approximate surface area is 121 Å². The van der Waals surface area contributed by atoms with E-state index in [1.54, 1.807) is 0 Å². The van der Waals surface area contributed by atoms with Gasteiger partial charge >= 0.3 is 0 Å². The first-order valence-corrected chi connectivity index (χ1v) is 8.67. The molecule has 1 aromatic rings. The van der Waals surface area contributed by atoms with Crippen LogP contribution in [0.3, 0.4) is 0 Å². The lowest BCUT2D eigenvalue weighted by Crippen LogP contribution is -2.17. The minimum Gasteiger partial charge on any atom is -0.310 e. The lowest BCUT2D eigenvalue weighted by molar-refractivity contribution is 0.394. The fraction of sp³-hybridized carbons (Fsp3) is 0.647. The predicted octanol–water partition coefficient (Wildman–Crippen LogP) is 4.61. The molecule has 0 saturated heterocycles. The second-order valence-electron chi connectivity index (χ2n) is 6.27. The van der Waals surface area contributed by atoms with Crippen molar-refractivity contribution in [3.63, 3.8) is 0 Å². The molecule has 1 aromatic carbocycles. The predicted molar refractivity (Wildman–Crippen MR) is 83.6 cm³/mol. The van der Waals surface area contributed by atoms with Crippen molar-refractivity contribution in [3.8, 4) is 0 Å². The fourth-order valence-corrected chi connectivity index (χ4v) is 4.49. The molecule has 0 heterocycles. The van der Waals surface area contributed by atoms with Crippen LogP contribution in [-0.4, -0.2) is 11.3 Å². The molecule has 104 valence electrons. The number of hydrogen-bond donors (Lipinski definition) is 1. The Bertz CT molecular complexity index is 413. The van der Waals surface area contributed by atoms with E-state index in [0.717, 1.165) is 23.8 Å². The zero-order valence-electron chi connectivity index (χ0n) is 11.9. The minimum absolute atomic E-state index is 0.799. The van der Waals surface area contributed by atoms with Gasteiger partial charge in [0.15, 0.2) is 0 Å². The molecule has 2 aliphatic carbocycles. The molecule has 2 unspecified atom stereocenters. The first-order valence-electron chi connectivity index (χ1n) is 7.79. The van der Waals surface area contributed by atoms with E-state index in [4.69, 9.17) is 0 Å². The first kappa shape index (κ1) is 13.5. The van der Waals surface area contributed by atoms with E-state index in [1.807, 2.05) is 0 Å². The van der Waals surface area contributed by atoms with Crippen molar-refractivity contribution in [1.82, 2.24) is 5.32 Å².